The maximum absolute atomic E-state index is 12.2. The summed E-state index contributed by atoms with van der Waals surface area (Å²) in [5.41, 5.74) is 1.23. The van der Waals surface area contributed by atoms with Crippen molar-refractivity contribution in [3.63, 3.8) is 0 Å². The highest BCUT2D eigenvalue weighted by molar-refractivity contribution is 5.95. The highest BCUT2D eigenvalue weighted by Gasteiger charge is 2.24. The summed E-state index contributed by atoms with van der Waals surface area (Å²) in [6.45, 7) is 2.08. The molecule has 0 spiro atoms. The van der Waals surface area contributed by atoms with Crippen LogP contribution in [0.4, 0.5) is 0 Å². The molecule has 0 radical (unpaired) electrons. The first kappa shape index (κ1) is 17.2. The lowest BCUT2D eigenvalue weighted by molar-refractivity contribution is -0.122. The Kier molecular flexibility index (Phi) is 5.48. The minimum absolute atomic E-state index is 0.226. The van der Waals surface area contributed by atoms with Crippen molar-refractivity contribution in [2.45, 2.75) is 51.1 Å². The van der Waals surface area contributed by atoms with Crippen LogP contribution in [0.3, 0.4) is 0 Å². The number of amides is 2. The third-order valence-corrected chi connectivity index (χ3v) is 4.51. The molecule has 1 aliphatic rings. The summed E-state index contributed by atoms with van der Waals surface area (Å²) in [5, 5.41) is 5.47. The van der Waals surface area contributed by atoms with Gasteiger partial charge in [-0.1, -0.05) is 43.2 Å². The van der Waals surface area contributed by atoms with Crippen molar-refractivity contribution in [1.82, 2.24) is 15.6 Å². The molecule has 1 unspecified atom stereocenters. The van der Waals surface area contributed by atoms with E-state index >= 15 is 0 Å². The lowest BCUT2D eigenvalue weighted by atomic mass is 10.1. The second kappa shape index (κ2) is 7.96. The van der Waals surface area contributed by atoms with Crippen LogP contribution in [0.25, 0.3) is 0 Å². The maximum Gasteiger partial charge on any atom is 0.273 e. The molecule has 0 saturated heterocycles. The number of rotatable bonds is 6. The van der Waals surface area contributed by atoms with Crippen molar-refractivity contribution >= 4 is 11.8 Å². The van der Waals surface area contributed by atoms with E-state index in [1.54, 1.807) is 6.92 Å². The van der Waals surface area contributed by atoms with Crippen molar-refractivity contribution in [2.24, 2.45) is 0 Å². The summed E-state index contributed by atoms with van der Waals surface area (Å²) in [4.78, 5) is 28.7. The first-order valence-electron chi connectivity index (χ1n) is 8.71. The highest BCUT2D eigenvalue weighted by Crippen LogP contribution is 2.33. The molecule has 1 atom stereocenters. The van der Waals surface area contributed by atoms with Gasteiger partial charge in [0.1, 0.15) is 12.3 Å². The number of nitrogens with one attached hydrogen (secondary N) is 2. The summed E-state index contributed by atoms with van der Waals surface area (Å²) in [7, 11) is 0. The van der Waals surface area contributed by atoms with E-state index in [9.17, 15) is 9.59 Å². The zero-order valence-corrected chi connectivity index (χ0v) is 14.3. The summed E-state index contributed by atoms with van der Waals surface area (Å²) in [6.07, 6.45) is 5.83. The van der Waals surface area contributed by atoms with Crippen LogP contribution in [0.2, 0.25) is 0 Å². The fourth-order valence-corrected chi connectivity index (χ4v) is 3.03. The molecule has 2 amide bonds. The number of carbonyl (C=O) groups is 2. The van der Waals surface area contributed by atoms with Gasteiger partial charge in [0.25, 0.3) is 5.91 Å². The van der Waals surface area contributed by atoms with E-state index in [0.29, 0.717) is 18.4 Å². The average Bonchev–Trinajstić information content (AvgIpc) is 3.31. The van der Waals surface area contributed by atoms with Crippen LogP contribution in [0.5, 0.6) is 0 Å². The van der Waals surface area contributed by atoms with Gasteiger partial charge in [-0.05, 0) is 25.3 Å². The van der Waals surface area contributed by atoms with E-state index in [4.69, 9.17) is 4.42 Å². The fourth-order valence-electron chi connectivity index (χ4n) is 3.03. The number of hydrogen-bond acceptors (Lipinski definition) is 4. The molecule has 132 valence electrons. The van der Waals surface area contributed by atoms with Gasteiger partial charge in [-0.2, -0.15) is 0 Å². The van der Waals surface area contributed by atoms with E-state index in [1.807, 2.05) is 30.3 Å². The summed E-state index contributed by atoms with van der Waals surface area (Å²) >= 11 is 0. The normalized spacial score (nSPS) is 15.7. The van der Waals surface area contributed by atoms with Gasteiger partial charge in [-0.15, -0.1) is 0 Å². The van der Waals surface area contributed by atoms with Crippen LogP contribution >= 0.6 is 0 Å². The van der Waals surface area contributed by atoms with Gasteiger partial charge in [0.05, 0.1) is 0 Å². The van der Waals surface area contributed by atoms with Crippen molar-refractivity contribution < 1.29 is 14.0 Å². The van der Waals surface area contributed by atoms with Gasteiger partial charge in [0, 0.05) is 12.5 Å². The molecule has 0 bridgehead atoms. The van der Waals surface area contributed by atoms with Crippen LogP contribution in [0.1, 0.15) is 60.5 Å². The average molecular weight is 341 g/mol. The molecule has 0 aliphatic heterocycles. The predicted octanol–water partition coefficient (Wildman–Crippen LogP) is 2.77. The minimum atomic E-state index is -0.650. The smallest absolute Gasteiger partial charge is 0.273 e. The summed E-state index contributed by atoms with van der Waals surface area (Å²) in [6, 6.07) is 8.97. The van der Waals surface area contributed by atoms with Gasteiger partial charge in [0.15, 0.2) is 11.6 Å². The van der Waals surface area contributed by atoms with Crippen LogP contribution in [-0.4, -0.2) is 22.8 Å². The number of carbonyl (C=O) groups excluding carboxylic acids is 2. The van der Waals surface area contributed by atoms with Gasteiger partial charge in [0.2, 0.25) is 5.91 Å². The molecule has 2 N–H and O–H groups in total. The third-order valence-electron chi connectivity index (χ3n) is 4.51. The van der Waals surface area contributed by atoms with Crippen molar-refractivity contribution in [3.05, 3.63) is 53.7 Å². The molecule has 1 aliphatic carbocycles. The Morgan fingerprint density at radius 3 is 2.68 bits per heavy atom. The molecule has 1 heterocycles. The summed E-state index contributed by atoms with van der Waals surface area (Å²) in [5.74, 6) is 0.309. The van der Waals surface area contributed by atoms with Gasteiger partial charge in [-0.25, -0.2) is 4.98 Å². The van der Waals surface area contributed by atoms with Gasteiger partial charge in [-0.3, -0.25) is 9.59 Å². The van der Waals surface area contributed by atoms with Gasteiger partial charge >= 0.3 is 0 Å². The number of oxazole rings is 1. The van der Waals surface area contributed by atoms with E-state index in [1.165, 1.54) is 19.1 Å². The number of hydrogen-bond donors (Lipinski definition) is 2. The lowest BCUT2D eigenvalue weighted by Gasteiger charge is -2.13. The van der Waals surface area contributed by atoms with E-state index < -0.39 is 11.9 Å². The van der Waals surface area contributed by atoms with E-state index in [2.05, 4.69) is 15.6 Å². The SMILES string of the molecule is CC(NC(=O)c1coc(C2CCCC2)n1)C(=O)NCc1ccccc1. The first-order valence-corrected chi connectivity index (χ1v) is 8.71. The second-order valence-electron chi connectivity index (χ2n) is 6.45. The fraction of sp³-hybridized carbons (Fsp3) is 0.421. The zero-order chi connectivity index (χ0) is 17.6. The Morgan fingerprint density at radius 2 is 1.96 bits per heavy atom. The Hall–Kier alpha value is -2.63. The van der Waals surface area contributed by atoms with Crippen molar-refractivity contribution in [3.8, 4) is 0 Å². The predicted molar refractivity (Wildman–Crippen MR) is 92.9 cm³/mol. The van der Waals surface area contributed by atoms with Crippen molar-refractivity contribution in [2.75, 3.05) is 0 Å². The monoisotopic (exact) mass is 341 g/mol. The molecule has 3 rings (SSSR count). The molecular formula is C19H23N3O3. The lowest BCUT2D eigenvalue weighted by Crippen LogP contribution is -2.44. The molecule has 1 aromatic heterocycles. The molecule has 1 aromatic carbocycles. The zero-order valence-electron chi connectivity index (χ0n) is 14.3. The number of benzene rings is 1. The van der Waals surface area contributed by atoms with Gasteiger partial charge < -0.3 is 15.1 Å². The standard InChI is InChI=1S/C19H23N3O3/c1-13(17(23)20-11-14-7-3-2-4-8-14)21-18(24)16-12-25-19(22-16)15-9-5-6-10-15/h2-4,7-8,12-13,15H,5-6,9-11H2,1H3,(H,20,23)(H,21,24). The maximum atomic E-state index is 12.2. The topological polar surface area (TPSA) is 84.2 Å². The minimum Gasteiger partial charge on any atom is -0.448 e. The summed E-state index contributed by atoms with van der Waals surface area (Å²) < 4.78 is 5.44. The first-order chi connectivity index (χ1) is 12.1. The number of aromatic nitrogens is 1. The molecule has 2 aromatic rings. The molecule has 1 fully saturated rings. The Balaban J connectivity index is 1.50. The van der Waals surface area contributed by atoms with Crippen LogP contribution < -0.4 is 10.6 Å². The Morgan fingerprint density at radius 1 is 1.24 bits per heavy atom. The molecule has 6 nitrogen and oxygen atoms in total. The van der Waals surface area contributed by atoms with Crippen LogP contribution in [0, 0.1) is 0 Å². The third kappa shape index (κ3) is 4.47. The van der Waals surface area contributed by atoms with E-state index in [0.717, 1.165) is 18.4 Å². The van der Waals surface area contributed by atoms with Crippen LogP contribution in [0.15, 0.2) is 41.0 Å². The Labute approximate surface area is 147 Å². The Bertz CT molecular complexity index is 721. The molecular weight excluding hydrogens is 318 g/mol. The van der Waals surface area contributed by atoms with E-state index in [-0.39, 0.29) is 11.6 Å². The van der Waals surface area contributed by atoms with Crippen LogP contribution in [-0.2, 0) is 11.3 Å². The molecule has 6 heteroatoms. The quantitative estimate of drug-likeness (QED) is 0.846. The highest BCUT2D eigenvalue weighted by atomic mass is 16.3. The second-order valence-corrected chi connectivity index (χ2v) is 6.45. The molecule has 25 heavy (non-hydrogen) atoms. The molecule has 1 saturated carbocycles. The van der Waals surface area contributed by atoms with Crippen molar-refractivity contribution in [1.29, 1.82) is 0 Å². The largest absolute Gasteiger partial charge is 0.448 e. The number of nitrogens with zero attached hydrogens (tertiary/aromatic N) is 1.